The molecule has 0 radical (unpaired) electrons. The standard InChI is InChI=1S/C19H16IOP.BH3/c1-21-17-12-6-8-14-19(17)22(15-9-3-2-4-10-15)18-13-7-5-11-16(18)20;/h2-14H,1H3;1H3/t22-;/m0./s1. The fourth-order valence-corrected chi connectivity index (χ4v) is 5.97. The highest BCUT2D eigenvalue weighted by Gasteiger charge is 2.21. The second-order valence-electron chi connectivity index (χ2n) is 4.79. The van der Waals surface area contributed by atoms with Gasteiger partial charge in [-0.1, -0.05) is 66.7 Å². The van der Waals surface area contributed by atoms with E-state index in [1.165, 1.54) is 19.5 Å². The summed E-state index contributed by atoms with van der Waals surface area (Å²) in [6, 6.07) is 27.6. The number of ether oxygens (including phenoxy) is 1. The second kappa shape index (κ2) is 8.51. The molecule has 0 unspecified atom stereocenters. The number of methoxy groups -OCH3 is 1. The Kier molecular flexibility index (Phi) is 6.67. The van der Waals surface area contributed by atoms with Gasteiger partial charge >= 0.3 is 0 Å². The van der Waals surface area contributed by atoms with Gasteiger partial charge in [-0.25, -0.2) is 0 Å². The van der Waals surface area contributed by atoms with E-state index in [9.17, 15) is 0 Å². The van der Waals surface area contributed by atoms with Crippen LogP contribution in [0.3, 0.4) is 0 Å². The first kappa shape index (κ1) is 18.0. The van der Waals surface area contributed by atoms with Gasteiger partial charge in [0.05, 0.1) is 15.5 Å². The number of halogens is 1. The van der Waals surface area contributed by atoms with E-state index in [-0.39, 0.29) is 8.41 Å². The molecule has 3 aromatic carbocycles. The fraction of sp³-hybridized carbons (Fsp3) is 0.0526. The SMILES string of the molecule is B.COc1ccccc1[P@@](c1ccccc1)c1ccccc1I. The van der Waals surface area contributed by atoms with Gasteiger partial charge in [-0.05, 0) is 53.3 Å². The molecule has 0 aliphatic rings. The quantitative estimate of drug-likeness (QED) is 0.350. The Morgan fingerprint density at radius 2 is 1.30 bits per heavy atom. The van der Waals surface area contributed by atoms with Crippen molar-refractivity contribution in [2.75, 3.05) is 7.11 Å². The highest BCUT2D eigenvalue weighted by molar-refractivity contribution is 14.1. The van der Waals surface area contributed by atoms with Gasteiger partial charge in [0.15, 0.2) is 0 Å². The first-order valence-electron chi connectivity index (χ1n) is 7.04. The molecule has 0 aliphatic heterocycles. The van der Waals surface area contributed by atoms with Crippen molar-refractivity contribution in [2.45, 2.75) is 0 Å². The molecule has 1 nitrogen and oxygen atoms in total. The summed E-state index contributed by atoms with van der Waals surface area (Å²) in [6.07, 6.45) is 0. The van der Waals surface area contributed by atoms with Gasteiger partial charge in [-0.15, -0.1) is 0 Å². The second-order valence-corrected chi connectivity index (χ2v) is 8.11. The van der Waals surface area contributed by atoms with E-state index in [1.54, 1.807) is 7.11 Å². The maximum Gasteiger partial charge on any atom is 0.127 e. The molecule has 0 spiro atoms. The third-order valence-corrected chi connectivity index (χ3v) is 7.34. The van der Waals surface area contributed by atoms with Crippen LogP contribution in [0.15, 0.2) is 78.9 Å². The number of rotatable bonds is 4. The lowest BCUT2D eigenvalue weighted by Gasteiger charge is -2.22. The van der Waals surface area contributed by atoms with Crippen LogP contribution in [0.5, 0.6) is 5.75 Å². The molecule has 1 atom stereocenters. The lowest BCUT2D eigenvalue weighted by Crippen LogP contribution is -2.23. The van der Waals surface area contributed by atoms with Crippen LogP contribution in [0, 0.1) is 3.57 Å². The Bertz CT molecular complexity index is 764. The third kappa shape index (κ3) is 3.96. The van der Waals surface area contributed by atoms with Crippen molar-refractivity contribution in [1.29, 1.82) is 0 Å². The molecule has 3 rings (SSSR count). The van der Waals surface area contributed by atoms with Crippen LogP contribution in [0.4, 0.5) is 0 Å². The molecule has 0 aliphatic carbocycles. The molecule has 0 saturated heterocycles. The van der Waals surface area contributed by atoms with Gasteiger partial charge in [0.1, 0.15) is 5.75 Å². The lowest BCUT2D eigenvalue weighted by atomic mass is 10.3. The van der Waals surface area contributed by atoms with E-state index in [1.807, 2.05) is 12.1 Å². The molecule has 0 saturated carbocycles. The van der Waals surface area contributed by atoms with Crippen LogP contribution in [0.2, 0.25) is 0 Å². The van der Waals surface area contributed by atoms with Crippen molar-refractivity contribution in [2.24, 2.45) is 0 Å². The van der Waals surface area contributed by atoms with E-state index in [0.717, 1.165) is 5.75 Å². The van der Waals surface area contributed by atoms with E-state index in [0.29, 0.717) is 0 Å². The minimum atomic E-state index is -0.626. The fourth-order valence-electron chi connectivity index (χ4n) is 2.43. The molecule has 116 valence electrons. The Morgan fingerprint density at radius 3 is 1.96 bits per heavy atom. The first-order valence-corrected chi connectivity index (χ1v) is 9.46. The summed E-state index contributed by atoms with van der Waals surface area (Å²) in [4.78, 5) is 0. The average Bonchev–Trinajstić information content (AvgIpc) is 2.58. The van der Waals surface area contributed by atoms with Gasteiger partial charge in [-0.3, -0.25) is 0 Å². The zero-order valence-electron chi connectivity index (χ0n) is 12.2. The minimum absolute atomic E-state index is 0. The van der Waals surface area contributed by atoms with Gasteiger partial charge in [0, 0.05) is 8.87 Å². The summed E-state index contributed by atoms with van der Waals surface area (Å²) in [5.74, 6) is 0.956. The molecule has 0 fully saturated rings. The topological polar surface area (TPSA) is 9.23 Å². The summed E-state index contributed by atoms with van der Waals surface area (Å²) in [6.45, 7) is 0. The number of hydrogen-bond donors (Lipinski definition) is 0. The van der Waals surface area contributed by atoms with Crippen molar-refractivity contribution >= 4 is 54.8 Å². The maximum absolute atomic E-state index is 5.62. The molecule has 4 heteroatoms. The molecule has 0 N–H and O–H groups in total. The Labute approximate surface area is 154 Å². The van der Waals surface area contributed by atoms with Crippen LogP contribution < -0.4 is 20.7 Å². The smallest absolute Gasteiger partial charge is 0.127 e. The van der Waals surface area contributed by atoms with E-state index >= 15 is 0 Å². The molecule has 0 heterocycles. The normalized spacial score (nSPS) is 11.4. The van der Waals surface area contributed by atoms with Crippen LogP contribution in [0.25, 0.3) is 0 Å². The van der Waals surface area contributed by atoms with E-state index in [4.69, 9.17) is 4.74 Å². The molecule has 0 amide bonds. The van der Waals surface area contributed by atoms with Crippen molar-refractivity contribution in [3.8, 4) is 5.75 Å². The minimum Gasteiger partial charge on any atom is -0.496 e. The Hall–Kier alpha value is -1.32. The molecule has 3 aromatic rings. The van der Waals surface area contributed by atoms with Gasteiger partial charge in [0.2, 0.25) is 0 Å². The van der Waals surface area contributed by atoms with E-state index < -0.39 is 7.92 Å². The predicted octanol–water partition coefficient (Wildman–Crippen LogP) is 2.87. The predicted molar refractivity (Wildman–Crippen MR) is 114 cm³/mol. The summed E-state index contributed by atoms with van der Waals surface area (Å²) in [5, 5.41) is 3.97. The summed E-state index contributed by atoms with van der Waals surface area (Å²) in [7, 11) is 1.12. The van der Waals surface area contributed by atoms with Crippen molar-refractivity contribution < 1.29 is 4.74 Å². The highest BCUT2D eigenvalue weighted by atomic mass is 127. The van der Waals surface area contributed by atoms with E-state index in [2.05, 4.69) is 89.3 Å². The summed E-state index contributed by atoms with van der Waals surface area (Å²) < 4.78 is 6.92. The van der Waals surface area contributed by atoms with Crippen LogP contribution >= 0.6 is 30.5 Å². The zero-order valence-corrected chi connectivity index (χ0v) is 15.3. The molecule has 0 bridgehead atoms. The average molecular weight is 432 g/mol. The number of benzene rings is 3. The Morgan fingerprint density at radius 1 is 0.739 bits per heavy atom. The number of para-hydroxylation sites is 1. The maximum atomic E-state index is 5.62. The Balaban J connectivity index is 0.00000192. The van der Waals surface area contributed by atoms with Crippen molar-refractivity contribution in [3.63, 3.8) is 0 Å². The van der Waals surface area contributed by atoms with Gasteiger partial charge < -0.3 is 4.74 Å². The van der Waals surface area contributed by atoms with Crippen LogP contribution in [-0.4, -0.2) is 15.5 Å². The monoisotopic (exact) mass is 432 g/mol. The van der Waals surface area contributed by atoms with Gasteiger partial charge in [0.25, 0.3) is 0 Å². The van der Waals surface area contributed by atoms with Crippen molar-refractivity contribution in [3.05, 3.63) is 82.4 Å². The first-order chi connectivity index (χ1) is 10.8. The van der Waals surface area contributed by atoms with Crippen LogP contribution in [-0.2, 0) is 0 Å². The lowest BCUT2D eigenvalue weighted by molar-refractivity contribution is 0.418. The molecule has 0 aromatic heterocycles. The highest BCUT2D eigenvalue weighted by Crippen LogP contribution is 2.37. The molecule has 23 heavy (non-hydrogen) atoms. The van der Waals surface area contributed by atoms with Gasteiger partial charge in [-0.2, -0.15) is 0 Å². The van der Waals surface area contributed by atoms with Crippen LogP contribution in [0.1, 0.15) is 0 Å². The summed E-state index contributed by atoms with van der Waals surface area (Å²) >= 11 is 2.43. The zero-order chi connectivity index (χ0) is 15.4. The number of hydrogen-bond acceptors (Lipinski definition) is 1. The third-order valence-electron chi connectivity index (χ3n) is 3.43. The molecular weight excluding hydrogens is 413 g/mol. The largest absolute Gasteiger partial charge is 0.496 e. The summed E-state index contributed by atoms with van der Waals surface area (Å²) in [5.41, 5.74) is 0. The van der Waals surface area contributed by atoms with Crippen molar-refractivity contribution in [1.82, 2.24) is 0 Å². The molecular formula is C19H19BIOP.